The predicted molar refractivity (Wildman–Crippen MR) is 65.7 cm³/mol. The van der Waals surface area contributed by atoms with Gasteiger partial charge < -0.3 is 4.74 Å². The Morgan fingerprint density at radius 3 is 2.73 bits per heavy atom. The monoisotopic (exact) mass is 290 g/mol. The molecule has 5 heteroatoms. The summed E-state index contributed by atoms with van der Waals surface area (Å²) < 4.78 is 6.76. The molecule has 0 spiro atoms. The Kier molecular flexibility index (Phi) is 3.47. The van der Waals surface area contributed by atoms with Gasteiger partial charge in [0.05, 0.1) is 11.6 Å². The van der Waals surface area contributed by atoms with Crippen molar-refractivity contribution < 1.29 is 4.74 Å². The van der Waals surface area contributed by atoms with Crippen LogP contribution in [0.3, 0.4) is 0 Å². The predicted octanol–water partition coefficient (Wildman–Crippen LogP) is 2.58. The van der Waals surface area contributed by atoms with E-state index in [1.807, 2.05) is 6.07 Å². The Hall–Kier alpha value is 0.0600. The fraction of sp³-hybridized carbons (Fsp3) is 0.600. The highest BCUT2D eigenvalue weighted by atomic mass is 79.9. The highest BCUT2D eigenvalue weighted by molar-refractivity contribution is 9.10. The Bertz CT molecular complexity index is 332. The van der Waals surface area contributed by atoms with Crippen molar-refractivity contribution in [1.82, 2.24) is 5.43 Å². The molecule has 1 aliphatic carbocycles. The fourth-order valence-corrected chi connectivity index (χ4v) is 3.88. The van der Waals surface area contributed by atoms with Gasteiger partial charge in [-0.3, -0.25) is 5.84 Å². The molecule has 0 bridgehead atoms. The minimum absolute atomic E-state index is 0.0885. The van der Waals surface area contributed by atoms with Crippen LogP contribution in [0.1, 0.15) is 30.2 Å². The molecule has 1 saturated carbocycles. The molecule has 1 fully saturated rings. The summed E-state index contributed by atoms with van der Waals surface area (Å²) in [6.07, 6.45) is 3.36. The van der Waals surface area contributed by atoms with Gasteiger partial charge in [0.2, 0.25) is 0 Å². The lowest BCUT2D eigenvalue weighted by molar-refractivity contribution is -0.0992. The lowest BCUT2D eigenvalue weighted by atomic mass is 9.74. The summed E-state index contributed by atoms with van der Waals surface area (Å²) in [4.78, 5) is 1.22. The highest BCUT2D eigenvalue weighted by Crippen LogP contribution is 2.47. The number of nitrogens with one attached hydrogen (secondary N) is 1. The average Bonchev–Trinajstić information content (AvgIpc) is 2.58. The zero-order chi connectivity index (χ0) is 10.9. The van der Waals surface area contributed by atoms with Gasteiger partial charge in [0.1, 0.15) is 0 Å². The molecule has 1 heterocycles. The number of thiophene rings is 1. The molecule has 3 N–H and O–H groups in total. The number of nitrogens with two attached hydrogens (primary N) is 1. The molecule has 2 rings (SSSR count). The van der Waals surface area contributed by atoms with Crippen molar-refractivity contribution in [3.8, 4) is 0 Å². The third-order valence-corrected chi connectivity index (χ3v) is 5.14. The topological polar surface area (TPSA) is 47.3 Å². The first-order valence-electron chi connectivity index (χ1n) is 4.97. The highest BCUT2D eigenvalue weighted by Gasteiger charge is 2.45. The molecule has 0 amide bonds. The van der Waals surface area contributed by atoms with E-state index >= 15 is 0 Å². The van der Waals surface area contributed by atoms with Crippen LogP contribution in [-0.4, -0.2) is 12.7 Å². The smallest absolute Gasteiger partial charge is 0.0893 e. The van der Waals surface area contributed by atoms with Crippen LogP contribution in [0.25, 0.3) is 0 Å². The first-order valence-corrected chi connectivity index (χ1v) is 6.65. The van der Waals surface area contributed by atoms with Gasteiger partial charge in [-0.15, -0.1) is 11.3 Å². The van der Waals surface area contributed by atoms with Crippen LogP contribution in [0, 0.1) is 0 Å². The van der Waals surface area contributed by atoms with Gasteiger partial charge in [-0.05, 0) is 46.6 Å². The molecule has 84 valence electrons. The van der Waals surface area contributed by atoms with E-state index in [4.69, 9.17) is 10.6 Å². The number of rotatable bonds is 4. The standard InChI is InChI=1S/C10H15BrN2OS/c1-14-10(4-2-5-10)9(13-12)8-7(11)3-6-15-8/h3,6,9,13H,2,4-5,12H2,1H3. The van der Waals surface area contributed by atoms with Gasteiger partial charge in [0, 0.05) is 16.5 Å². The van der Waals surface area contributed by atoms with Crippen molar-refractivity contribution >= 4 is 27.3 Å². The number of hydrogen-bond acceptors (Lipinski definition) is 4. The third kappa shape index (κ3) is 1.87. The Morgan fingerprint density at radius 2 is 2.40 bits per heavy atom. The second-order valence-corrected chi connectivity index (χ2v) is 5.66. The largest absolute Gasteiger partial charge is 0.376 e. The molecule has 0 saturated heterocycles. The summed E-state index contributed by atoms with van der Waals surface area (Å²) in [5, 5.41) is 2.06. The van der Waals surface area contributed by atoms with Crippen molar-refractivity contribution in [2.75, 3.05) is 7.11 Å². The molecular weight excluding hydrogens is 276 g/mol. The lowest BCUT2D eigenvalue weighted by Gasteiger charge is -2.45. The van der Waals surface area contributed by atoms with E-state index < -0.39 is 0 Å². The summed E-state index contributed by atoms with van der Waals surface area (Å²) >= 11 is 5.25. The van der Waals surface area contributed by atoms with E-state index in [0.717, 1.165) is 17.3 Å². The van der Waals surface area contributed by atoms with Crippen LogP contribution in [0.5, 0.6) is 0 Å². The maximum absolute atomic E-state index is 5.66. The second kappa shape index (κ2) is 4.51. The van der Waals surface area contributed by atoms with Crippen LogP contribution in [0.2, 0.25) is 0 Å². The molecule has 0 aliphatic heterocycles. The molecule has 1 atom stereocenters. The molecule has 1 aliphatic rings. The molecule has 1 unspecified atom stereocenters. The molecule has 0 radical (unpaired) electrons. The van der Waals surface area contributed by atoms with E-state index in [0.29, 0.717) is 0 Å². The van der Waals surface area contributed by atoms with Crippen LogP contribution in [-0.2, 0) is 4.74 Å². The van der Waals surface area contributed by atoms with Crippen molar-refractivity contribution in [3.63, 3.8) is 0 Å². The Morgan fingerprint density at radius 1 is 1.67 bits per heavy atom. The maximum atomic E-state index is 5.66. The zero-order valence-corrected chi connectivity index (χ0v) is 11.0. The Balaban J connectivity index is 2.27. The summed E-state index contributed by atoms with van der Waals surface area (Å²) in [6.45, 7) is 0. The van der Waals surface area contributed by atoms with Crippen LogP contribution in [0.4, 0.5) is 0 Å². The zero-order valence-electron chi connectivity index (χ0n) is 8.63. The van der Waals surface area contributed by atoms with E-state index in [2.05, 4.69) is 26.7 Å². The van der Waals surface area contributed by atoms with Crippen molar-refractivity contribution in [3.05, 3.63) is 20.8 Å². The lowest BCUT2D eigenvalue weighted by Crippen LogP contribution is -2.52. The number of ether oxygens (including phenoxy) is 1. The summed E-state index contributed by atoms with van der Waals surface area (Å²) in [7, 11) is 1.77. The van der Waals surface area contributed by atoms with Gasteiger partial charge in [0.15, 0.2) is 0 Å². The van der Waals surface area contributed by atoms with Gasteiger partial charge in [0.25, 0.3) is 0 Å². The molecule has 15 heavy (non-hydrogen) atoms. The average molecular weight is 291 g/mol. The van der Waals surface area contributed by atoms with E-state index in [-0.39, 0.29) is 11.6 Å². The Labute approximate surface area is 102 Å². The summed E-state index contributed by atoms with van der Waals surface area (Å²) in [5.41, 5.74) is 2.79. The first kappa shape index (κ1) is 11.5. The second-order valence-electron chi connectivity index (χ2n) is 3.85. The molecule has 3 nitrogen and oxygen atoms in total. The quantitative estimate of drug-likeness (QED) is 0.662. The SMILES string of the molecule is COC1(C(NN)c2sccc2Br)CCC1. The van der Waals surface area contributed by atoms with Gasteiger partial charge in [-0.1, -0.05) is 0 Å². The normalized spacial score (nSPS) is 21.0. The summed E-state index contributed by atoms with van der Waals surface area (Å²) in [6, 6.07) is 2.14. The van der Waals surface area contributed by atoms with Crippen LogP contribution < -0.4 is 11.3 Å². The van der Waals surface area contributed by atoms with E-state index in [1.54, 1.807) is 18.4 Å². The number of halogens is 1. The van der Waals surface area contributed by atoms with E-state index in [9.17, 15) is 0 Å². The minimum atomic E-state index is -0.109. The van der Waals surface area contributed by atoms with Crippen LogP contribution in [0.15, 0.2) is 15.9 Å². The number of hydrogen-bond donors (Lipinski definition) is 2. The first-order chi connectivity index (χ1) is 7.23. The van der Waals surface area contributed by atoms with Gasteiger partial charge >= 0.3 is 0 Å². The molecule has 0 aromatic carbocycles. The van der Waals surface area contributed by atoms with Gasteiger partial charge in [-0.25, -0.2) is 5.43 Å². The van der Waals surface area contributed by atoms with Crippen LogP contribution >= 0.6 is 27.3 Å². The molecule has 1 aromatic rings. The minimum Gasteiger partial charge on any atom is -0.376 e. The third-order valence-electron chi connectivity index (χ3n) is 3.21. The number of methoxy groups -OCH3 is 1. The van der Waals surface area contributed by atoms with Crippen molar-refractivity contribution in [1.29, 1.82) is 0 Å². The van der Waals surface area contributed by atoms with Gasteiger partial charge in [-0.2, -0.15) is 0 Å². The van der Waals surface area contributed by atoms with Crippen molar-refractivity contribution in [2.24, 2.45) is 5.84 Å². The molecular formula is C10H15BrN2OS. The molecule has 1 aromatic heterocycles. The maximum Gasteiger partial charge on any atom is 0.0893 e. The fourth-order valence-electron chi connectivity index (χ4n) is 2.11. The van der Waals surface area contributed by atoms with Crippen molar-refractivity contribution in [2.45, 2.75) is 30.9 Å². The number of hydrazine groups is 1. The summed E-state index contributed by atoms with van der Waals surface area (Å²) in [5.74, 6) is 5.66. The van der Waals surface area contributed by atoms with E-state index in [1.165, 1.54) is 11.3 Å².